The Kier molecular flexibility index (Phi) is 5.23. The van der Waals surface area contributed by atoms with Gasteiger partial charge >= 0.3 is 0 Å². The molecule has 1 unspecified atom stereocenters. The molecular formula is C17H21ClN2O. The Balaban J connectivity index is 2.35. The van der Waals surface area contributed by atoms with Crippen LogP contribution in [0, 0.1) is 13.8 Å². The Bertz CT molecular complexity index is 611. The van der Waals surface area contributed by atoms with Crippen LogP contribution in [0.5, 0.6) is 5.75 Å². The van der Waals surface area contributed by atoms with Crippen molar-refractivity contribution in [1.29, 1.82) is 0 Å². The molecule has 2 rings (SSSR count). The lowest BCUT2D eigenvalue weighted by atomic mass is 9.93. The van der Waals surface area contributed by atoms with Crippen molar-refractivity contribution < 1.29 is 4.74 Å². The molecule has 2 aromatic rings. The summed E-state index contributed by atoms with van der Waals surface area (Å²) in [6, 6.07) is 12.0. The van der Waals surface area contributed by atoms with Gasteiger partial charge in [0.15, 0.2) is 0 Å². The van der Waals surface area contributed by atoms with Crippen LogP contribution in [-0.4, -0.2) is 7.11 Å². The first kappa shape index (κ1) is 15.8. The molecule has 0 radical (unpaired) electrons. The van der Waals surface area contributed by atoms with E-state index in [9.17, 15) is 0 Å². The van der Waals surface area contributed by atoms with Crippen LogP contribution < -0.4 is 16.0 Å². The van der Waals surface area contributed by atoms with E-state index in [4.69, 9.17) is 22.2 Å². The van der Waals surface area contributed by atoms with Gasteiger partial charge in [0.1, 0.15) is 5.75 Å². The van der Waals surface area contributed by atoms with Gasteiger partial charge in [-0.05, 0) is 55.2 Å². The first-order valence-corrected chi connectivity index (χ1v) is 7.28. The molecule has 0 amide bonds. The van der Waals surface area contributed by atoms with E-state index in [-0.39, 0.29) is 6.04 Å². The van der Waals surface area contributed by atoms with Crippen LogP contribution in [0.3, 0.4) is 0 Å². The van der Waals surface area contributed by atoms with Crippen molar-refractivity contribution in [3.05, 3.63) is 63.7 Å². The predicted molar refractivity (Wildman–Crippen MR) is 87.7 cm³/mol. The van der Waals surface area contributed by atoms with Crippen LogP contribution in [-0.2, 0) is 6.42 Å². The number of nitrogens with one attached hydrogen (secondary N) is 1. The number of rotatable bonds is 5. The number of ether oxygens (including phenoxy) is 1. The fourth-order valence-corrected chi connectivity index (χ4v) is 2.78. The lowest BCUT2D eigenvalue weighted by Gasteiger charge is -2.22. The molecule has 1 atom stereocenters. The summed E-state index contributed by atoms with van der Waals surface area (Å²) in [5.74, 6) is 6.65. The summed E-state index contributed by atoms with van der Waals surface area (Å²) in [7, 11) is 1.69. The fraction of sp³-hybridized carbons (Fsp3) is 0.294. The Morgan fingerprint density at radius 3 is 2.43 bits per heavy atom. The number of hydrogen-bond donors (Lipinski definition) is 2. The zero-order valence-electron chi connectivity index (χ0n) is 12.6. The molecule has 2 aromatic carbocycles. The van der Waals surface area contributed by atoms with Crippen molar-refractivity contribution in [3.8, 4) is 5.75 Å². The Morgan fingerprint density at radius 1 is 1.19 bits per heavy atom. The van der Waals surface area contributed by atoms with Crippen molar-refractivity contribution in [3.63, 3.8) is 0 Å². The van der Waals surface area contributed by atoms with Gasteiger partial charge in [-0.25, -0.2) is 0 Å². The van der Waals surface area contributed by atoms with Gasteiger partial charge in [0.2, 0.25) is 0 Å². The van der Waals surface area contributed by atoms with Gasteiger partial charge in [-0.2, -0.15) is 0 Å². The van der Waals surface area contributed by atoms with E-state index in [1.54, 1.807) is 7.11 Å². The number of aryl methyl sites for hydroxylation is 2. The van der Waals surface area contributed by atoms with Gasteiger partial charge in [-0.15, -0.1) is 0 Å². The second-order valence-electron chi connectivity index (χ2n) is 5.25. The molecule has 0 bridgehead atoms. The summed E-state index contributed by atoms with van der Waals surface area (Å²) in [4.78, 5) is 0. The first-order chi connectivity index (χ1) is 10.0. The normalized spacial score (nSPS) is 12.2. The van der Waals surface area contributed by atoms with Crippen molar-refractivity contribution >= 4 is 11.6 Å². The predicted octanol–water partition coefficient (Wildman–Crippen LogP) is 3.71. The molecular weight excluding hydrogens is 284 g/mol. The molecule has 0 aliphatic rings. The fourth-order valence-electron chi connectivity index (χ4n) is 2.66. The van der Waals surface area contributed by atoms with Gasteiger partial charge in [-0.1, -0.05) is 29.8 Å². The van der Waals surface area contributed by atoms with Crippen LogP contribution in [0.15, 0.2) is 36.4 Å². The van der Waals surface area contributed by atoms with E-state index in [0.717, 1.165) is 22.8 Å². The monoisotopic (exact) mass is 304 g/mol. The van der Waals surface area contributed by atoms with Gasteiger partial charge in [0.25, 0.3) is 0 Å². The molecule has 3 N–H and O–H groups in total. The molecule has 112 valence electrons. The number of benzene rings is 2. The molecule has 0 saturated heterocycles. The third-order valence-electron chi connectivity index (χ3n) is 3.62. The highest BCUT2D eigenvalue weighted by Gasteiger charge is 2.18. The molecule has 0 aliphatic heterocycles. The lowest BCUT2D eigenvalue weighted by molar-refractivity contribution is 0.398. The number of halogens is 1. The number of nitrogens with two attached hydrogens (primary N) is 1. The summed E-state index contributed by atoms with van der Waals surface area (Å²) in [5.41, 5.74) is 7.52. The average molecular weight is 305 g/mol. The van der Waals surface area contributed by atoms with E-state index in [0.29, 0.717) is 0 Å². The lowest BCUT2D eigenvalue weighted by Crippen LogP contribution is -2.30. The second-order valence-corrected chi connectivity index (χ2v) is 5.68. The summed E-state index contributed by atoms with van der Waals surface area (Å²) in [6.45, 7) is 4.14. The first-order valence-electron chi connectivity index (χ1n) is 6.91. The third kappa shape index (κ3) is 3.76. The van der Waals surface area contributed by atoms with Crippen LogP contribution in [0.4, 0.5) is 0 Å². The number of methoxy groups -OCH3 is 1. The van der Waals surface area contributed by atoms with Gasteiger partial charge in [0, 0.05) is 10.6 Å². The molecule has 21 heavy (non-hydrogen) atoms. The van der Waals surface area contributed by atoms with Crippen LogP contribution in [0.25, 0.3) is 0 Å². The highest BCUT2D eigenvalue weighted by atomic mass is 35.5. The maximum atomic E-state index is 5.93. The summed E-state index contributed by atoms with van der Waals surface area (Å²) in [5, 5.41) is 0.736. The molecule has 0 fully saturated rings. The zero-order valence-corrected chi connectivity index (χ0v) is 13.4. The Hall–Kier alpha value is -1.55. The van der Waals surface area contributed by atoms with Gasteiger partial charge < -0.3 is 4.74 Å². The van der Waals surface area contributed by atoms with Crippen molar-refractivity contribution in [2.75, 3.05) is 7.11 Å². The van der Waals surface area contributed by atoms with E-state index >= 15 is 0 Å². The maximum absolute atomic E-state index is 5.93. The van der Waals surface area contributed by atoms with Gasteiger partial charge in [-0.3, -0.25) is 11.3 Å². The number of hydrogen-bond acceptors (Lipinski definition) is 3. The smallest absolute Gasteiger partial charge is 0.124 e. The van der Waals surface area contributed by atoms with Crippen LogP contribution >= 0.6 is 11.6 Å². The molecule has 0 aromatic heterocycles. The van der Waals surface area contributed by atoms with Crippen molar-refractivity contribution in [2.45, 2.75) is 26.3 Å². The van der Waals surface area contributed by atoms with E-state index in [1.807, 2.05) is 30.3 Å². The minimum atomic E-state index is -0.0123. The molecule has 3 nitrogen and oxygen atoms in total. The summed E-state index contributed by atoms with van der Waals surface area (Å²) >= 11 is 5.93. The van der Waals surface area contributed by atoms with E-state index in [1.165, 1.54) is 16.7 Å². The number of hydrazine groups is 1. The minimum Gasteiger partial charge on any atom is -0.496 e. The Labute approximate surface area is 131 Å². The van der Waals surface area contributed by atoms with E-state index < -0.39 is 0 Å². The second kappa shape index (κ2) is 6.94. The third-order valence-corrected chi connectivity index (χ3v) is 3.87. The molecule has 4 heteroatoms. The Morgan fingerprint density at radius 2 is 1.86 bits per heavy atom. The van der Waals surface area contributed by atoms with Crippen LogP contribution in [0.2, 0.25) is 5.02 Å². The van der Waals surface area contributed by atoms with Crippen molar-refractivity contribution in [2.24, 2.45) is 5.84 Å². The average Bonchev–Trinajstić information content (AvgIpc) is 2.46. The van der Waals surface area contributed by atoms with Gasteiger partial charge in [0.05, 0.1) is 13.2 Å². The molecule has 0 heterocycles. The highest BCUT2D eigenvalue weighted by molar-refractivity contribution is 6.30. The van der Waals surface area contributed by atoms with Crippen molar-refractivity contribution in [1.82, 2.24) is 5.43 Å². The summed E-state index contributed by atoms with van der Waals surface area (Å²) in [6.07, 6.45) is 0.772. The maximum Gasteiger partial charge on any atom is 0.124 e. The quantitative estimate of drug-likeness (QED) is 0.654. The molecule has 0 spiro atoms. The minimum absolute atomic E-state index is 0.0123. The molecule has 0 aliphatic carbocycles. The zero-order chi connectivity index (χ0) is 15.4. The highest BCUT2D eigenvalue weighted by Crippen LogP contribution is 2.31. The summed E-state index contributed by atoms with van der Waals surface area (Å²) < 4.78 is 5.53. The standard InChI is InChI=1S/C17H21ClN2O/c1-11-8-12(2)17(16(9-11)21-3)15(20-19)10-13-4-6-14(18)7-5-13/h4-9,15,20H,10,19H2,1-3H3. The van der Waals surface area contributed by atoms with Crippen LogP contribution in [0.1, 0.15) is 28.3 Å². The molecule has 0 saturated carbocycles. The topological polar surface area (TPSA) is 47.3 Å². The largest absolute Gasteiger partial charge is 0.496 e. The SMILES string of the molecule is COc1cc(C)cc(C)c1C(Cc1ccc(Cl)cc1)NN. The van der Waals surface area contributed by atoms with E-state index in [2.05, 4.69) is 25.3 Å².